The van der Waals surface area contributed by atoms with Crippen LogP contribution in [0.1, 0.15) is 36.1 Å². The lowest BCUT2D eigenvalue weighted by Crippen LogP contribution is -2.11. The molecule has 0 saturated heterocycles. The molecule has 0 bridgehead atoms. The van der Waals surface area contributed by atoms with E-state index in [1.54, 1.807) is 4.68 Å². The smallest absolute Gasteiger partial charge is 0.356 e. The maximum atomic E-state index is 10.6. The van der Waals surface area contributed by atoms with Crippen LogP contribution < -0.4 is 5.73 Å². The Morgan fingerprint density at radius 2 is 2.38 bits per heavy atom. The second-order valence-corrected chi connectivity index (χ2v) is 3.07. The molecule has 0 fully saturated rings. The van der Waals surface area contributed by atoms with E-state index in [1.165, 1.54) is 6.07 Å². The van der Waals surface area contributed by atoms with Gasteiger partial charge in [0.1, 0.15) is 0 Å². The van der Waals surface area contributed by atoms with Crippen molar-refractivity contribution in [2.24, 2.45) is 5.73 Å². The van der Waals surface area contributed by atoms with Gasteiger partial charge in [0.15, 0.2) is 5.69 Å². The molecule has 1 aromatic rings. The van der Waals surface area contributed by atoms with Gasteiger partial charge in [0, 0.05) is 12.6 Å². The molecule has 0 radical (unpaired) electrons. The van der Waals surface area contributed by atoms with E-state index in [9.17, 15) is 4.79 Å². The van der Waals surface area contributed by atoms with E-state index in [-0.39, 0.29) is 11.7 Å². The second kappa shape index (κ2) is 3.57. The minimum atomic E-state index is -1.02. The van der Waals surface area contributed by atoms with Crippen LogP contribution in [0.4, 0.5) is 0 Å². The summed E-state index contributed by atoms with van der Waals surface area (Å²) in [5.74, 6) is -1.02. The Kier molecular flexibility index (Phi) is 2.67. The highest BCUT2D eigenvalue weighted by Gasteiger charge is 2.13. The van der Waals surface area contributed by atoms with E-state index < -0.39 is 5.97 Å². The van der Waals surface area contributed by atoms with Gasteiger partial charge in [-0.2, -0.15) is 5.10 Å². The maximum absolute atomic E-state index is 10.6. The number of hydrogen-bond acceptors (Lipinski definition) is 3. The average Bonchev–Trinajstić information content (AvgIpc) is 2.47. The van der Waals surface area contributed by atoms with Crippen LogP contribution in [0, 0.1) is 0 Å². The molecule has 3 N–H and O–H groups in total. The highest BCUT2D eigenvalue weighted by atomic mass is 16.4. The Hall–Kier alpha value is -1.36. The molecule has 5 heteroatoms. The summed E-state index contributed by atoms with van der Waals surface area (Å²) in [5, 5.41) is 12.6. The third-order valence-electron chi connectivity index (χ3n) is 1.73. The van der Waals surface area contributed by atoms with E-state index in [2.05, 4.69) is 5.10 Å². The van der Waals surface area contributed by atoms with E-state index in [4.69, 9.17) is 10.8 Å². The van der Waals surface area contributed by atoms with Crippen molar-refractivity contribution < 1.29 is 9.90 Å². The summed E-state index contributed by atoms with van der Waals surface area (Å²) in [6, 6.07) is 1.63. The normalized spacial score (nSPS) is 10.8. The zero-order chi connectivity index (χ0) is 10.0. The number of aromatic carboxylic acids is 1. The van der Waals surface area contributed by atoms with Crippen LogP contribution in [0.2, 0.25) is 0 Å². The van der Waals surface area contributed by atoms with Gasteiger partial charge in [0.2, 0.25) is 0 Å². The van der Waals surface area contributed by atoms with Crippen molar-refractivity contribution in [2.45, 2.75) is 26.4 Å². The molecule has 0 atom stereocenters. The Morgan fingerprint density at radius 3 is 2.69 bits per heavy atom. The first kappa shape index (κ1) is 9.73. The quantitative estimate of drug-likeness (QED) is 0.719. The Bertz CT molecular complexity index is 317. The molecule has 72 valence electrons. The molecule has 0 amide bonds. The van der Waals surface area contributed by atoms with Crippen molar-refractivity contribution in [2.75, 3.05) is 0 Å². The molecule has 1 rings (SSSR count). The number of nitrogens with two attached hydrogens (primary N) is 1. The molecule has 1 heterocycles. The SMILES string of the molecule is CC(C)n1nc(C(=O)O)cc1CN. The lowest BCUT2D eigenvalue weighted by Gasteiger charge is -2.08. The summed E-state index contributed by atoms with van der Waals surface area (Å²) >= 11 is 0. The summed E-state index contributed by atoms with van der Waals surface area (Å²) in [6.07, 6.45) is 0. The lowest BCUT2D eigenvalue weighted by atomic mass is 10.3. The van der Waals surface area contributed by atoms with Gasteiger partial charge < -0.3 is 10.8 Å². The molecule has 0 aliphatic rings. The monoisotopic (exact) mass is 183 g/mol. The zero-order valence-electron chi connectivity index (χ0n) is 7.69. The zero-order valence-corrected chi connectivity index (χ0v) is 7.69. The number of rotatable bonds is 3. The van der Waals surface area contributed by atoms with Crippen LogP contribution in [0.25, 0.3) is 0 Å². The largest absolute Gasteiger partial charge is 0.476 e. The van der Waals surface area contributed by atoms with Gasteiger partial charge >= 0.3 is 5.97 Å². The summed E-state index contributed by atoms with van der Waals surface area (Å²) in [4.78, 5) is 10.6. The fourth-order valence-corrected chi connectivity index (χ4v) is 1.14. The van der Waals surface area contributed by atoms with E-state index in [0.717, 1.165) is 5.69 Å². The first-order valence-electron chi connectivity index (χ1n) is 4.08. The standard InChI is InChI=1S/C8H13N3O2/c1-5(2)11-6(4-9)3-7(10-11)8(12)13/h3,5H,4,9H2,1-2H3,(H,12,13). The molecular weight excluding hydrogens is 170 g/mol. The van der Waals surface area contributed by atoms with Crippen molar-refractivity contribution in [3.8, 4) is 0 Å². The lowest BCUT2D eigenvalue weighted by molar-refractivity contribution is 0.0689. The Balaban J connectivity index is 3.11. The van der Waals surface area contributed by atoms with Gasteiger partial charge in [-0.3, -0.25) is 4.68 Å². The van der Waals surface area contributed by atoms with Gasteiger partial charge in [-0.1, -0.05) is 0 Å². The number of aromatic nitrogens is 2. The van der Waals surface area contributed by atoms with Gasteiger partial charge in [-0.25, -0.2) is 4.79 Å². The van der Waals surface area contributed by atoms with Crippen LogP contribution in [-0.2, 0) is 6.54 Å². The summed E-state index contributed by atoms with van der Waals surface area (Å²) < 4.78 is 1.63. The topological polar surface area (TPSA) is 81.1 Å². The third kappa shape index (κ3) is 1.86. The second-order valence-electron chi connectivity index (χ2n) is 3.07. The van der Waals surface area contributed by atoms with Crippen molar-refractivity contribution in [1.29, 1.82) is 0 Å². The first-order chi connectivity index (χ1) is 6.06. The predicted molar refractivity (Wildman–Crippen MR) is 47.5 cm³/mol. The van der Waals surface area contributed by atoms with E-state index >= 15 is 0 Å². The molecular formula is C8H13N3O2. The predicted octanol–water partition coefficient (Wildman–Crippen LogP) is 0.621. The van der Waals surface area contributed by atoms with Gasteiger partial charge in [-0.05, 0) is 19.9 Å². The number of nitrogens with zero attached hydrogens (tertiary/aromatic N) is 2. The summed E-state index contributed by atoms with van der Waals surface area (Å²) in [6.45, 7) is 4.16. The van der Waals surface area contributed by atoms with Crippen LogP contribution in [0.3, 0.4) is 0 Å². The number of hydrogen-bond donors (Lipinski definition) is 2. The summed E-state index contributed by atoms with van der Waals surface area (Å²) in [7, 11) is 0. The number of carboxylic acids is 1. The molecule has 13 heavy (non-hydrogen) atoms. The third-order valence-corrected chi connectivity index (χ3v) is 1.73. The number of carboxylic acid groups (broad SMARTS) is 1. The Labute approximate surface area is 76.2 Å². The first-order valence-corrected chi connectivity index (χ1v) is 4.08. The summed E-state index contributed by atoms with van der Waals surface area (Å²) in [5.41, 5.74) is 6.24. The number of carbonyl (C=O) groups is 1. The molecule has 0 unspecified atom stereocenters. The molecule has 0 spiro atoms. The molecule has 0 aliphatic carbocycles. The van der Waals surface area contributed by atoms with Crippen LogP contribution in [-0.4, -0.2) is 20.9 Å². The highest BCUT2D eigenvalue weighted by Crippen LogP contribution is 2.10. The van der Waals surface area contributed by atoms with Crippen molar-refractivity contribution in [3.05, 3.63) is 17.5 Å². The fourth-order valence-electron chi connectivity index (χ4n) is 1.14. The average molecular weight is 183 g/mol. The molecule has 1 aromatic heterocycles. The van der Waals surface area contributed by atoms with Gasteiger partial charge in [-0.15, -0.1) is 0 Å². The molecule has 0 aromatic carbocycles. The van der Waals surface area contributed by atoms with Crippen molar-refractivity contribution in [3.63, 3.8) is 0 Å². The van der Waals surface area contributed by atoms with Crippen LogP contribution >= 0.6 is 0 Å². The fraction of sp³-hybridized carbons (Fsp3) is 0.500. The Morgan fingerprint density at radius 1 is 1.77 bits per heavy atom. The van der Waals surface area contributed by atoms with Crippen molar-refractivity contribution in [1.82, 2.24) is 9.78 Å². The maximum Gasteiger partial charge on any atom is 0.356 e. The minimum Gasteiger partial charge on any atom is -0.476 e. The molecule has 0 saturated carbocycles. The molecule has 0 aliphatic heterocycles. The van der Waals surface area contributed by atoms with Gasteiger partial charge in [0.25, 0.3) is 0 Å². The molecule has 5 nitrogen and oxygen atoms in total. The van der Waals surface area contributed by atoms with E-state index in [0.29, 0.717) is 6.54 Å². The minimum absolute atomic E-state index is 0.0501. The van der Waals surface area contributed by atoms with Crippen LogP contribution in [0.15, 0.2) is 6.07 Å². The van der Waals surface area contributed by atoms with Crippen LogP contribution in [0.5, 0.6) is 0 Å². The van der Waals surface area contributed by atoms with E-state index in [1.807, 2.05) is 13.8 Å². The van der Waals surface area contributed by atoms with Crippen molar-refractivity contribution >= 4 is 5.97 Å². The van der Waals surface area contributed by atoms with Gasteiger partial charge in [0.05, 0.1) is 5.69 Å². The highest BCUT2D eigenvalue weighted by molar-refractivity contribution is 5.85.